The van der Waals surface area contributed by atoms with Crippen LogP contribution in [-0.2, 0) is 6.54 Å². The minimum Gasteiger partial charge on any atom is -0.490 e. The number of guanidine groups is 1. The Labute approximate surface area is 176 Å². The summed E-state index contributed by atoms with van der Waals surface area (Å²) in [5.41, 5.74) is 7.24. The fourth-order valence-electron chi connectivity index (χ4n) is 2.40. The summed E-state index contributed by atoms with van der Waals surface area (Å²) in [7, 11) is 0. The molecule has 0 aliphatic carbocycles. The quantitative estimate of drug-likeness (QED) is 0.366. The minimum absolute atomic E-state index is 0. The van der Waals surface area contributed by atoms with E-state index in [2.05, 4.69) is 15.0 Å². The first-order valence-electron chi connectivity index (χ1n) is 8.20. The number of aliphatic imine (C=N–C) groups is 1. The summed E-state index contributed by atoms with van der Waals surface area (Å²) in [5, 5.41) is 2.94. The fourth-order valence-corrected chi connectivity index (χ4v) is 2.40. The summed E-state index contributed by atoms with van der Waals surface area (Å²) in [5.74, 6) is 1.19. The van der Waals surface area contributed by atoms with E-state index in [4.69, 9.17) is 15.2 Å². The Morgan fingerprint density at radius 1 is 1.07 bits per heavy atom. The van der Waals surface area contributed by atoms with E-state index >= 15 is 0 Å². The predicted octanol–water partition coefficient (Wildman–Crippen LogP) is 4.29. The molecule has 0 fully saturated rings. The van der Waals surface area contributed by atoms with Crippen LogP contribution in [0.1, 0.15) is 12.0 Å². The minimum atomic E-state index is -4.71. The van der Waals surface area contributed by atoms with E-state index in [0.29, 0.717) is 36.0 Å². The van der Waals surface area contributed by atoms with Crippen LogP contribution in [0, 0.1) is 0 Å². The van der Waals surface area contributed by atoms with Crippen molar-refractivity contribution in [1.82, 2.24) is 0 Å². The number of nitrogens with zero attached hydrogens (tertiary/aromatic N) is 1. The van der Waals surface area contributed by atoms with Crippen LogP contribution in [0.3, 0.4) is 0 Å². The molecular weight excluding hydrogens is 490 g/mol. The van der Waals surface area contributed by atoms with Gasteiger partial charge in [0, 0.05) is 18.2 Å². The molecule has 152 valence electrons. The van der Waals surface area contributed by atoms with Gasteiger partial charge in [-0.05, 0) is 29.8 Å². The number of rotatable bonds is 4. The van der Waals surface area contributed by atoms with Gasteiger partial charge in [0.1, 0.15) is 5.75 Å². The Morgan fingerprint density at radius 3 is 2.43 bits per heavy atom. The average Bonchev–Trinajstić information content (AvgIpc) is 2.85. The lowest BCUT2D eigenvalue weighted by atomic mass is 10.2. The lowest BCUT2D eigenvalue weighted by Gasteiger charge is -2.11. The van der Waals surface area contributed by atoms with Gasteiger partial charge in [-0.25, -0.2) is 4.99 Å². The van der Waals surface area contributed by atoms with E-state index in [9.17, 15) is 13.2 Å². The second kappa shape index (κ2) is 9.71. The van der Waals surface area contributed by atoms with Crippen LogP contribution in [0.15, 0.2) is 47.5 Å². The monoisotopic (exact) mass is 509 g/mol. The van der Waals surface area contributed by atoms with Crippen molar-refractivity contribution in [3.8, 4) is 17.2 Å². The van der Waals surface area contributed by atoms with Crippen molar-refractivity contribution in [2.45, 2.75) is 19.3 Å². The lowest BCUT2D eigenvalue weighted by Crippen LogP contribution is -2.22. The molecule has 1 aliphatic rings. The standard InChI is InChI=1S/C18H18F3N3O3.HI/c19-18(20,21)27-14-5-2-12(3-6-14)11-23-17(22)24-13-4-7-15-16(10-13)26-9-1-8-25-15;/h2-7,10H,1,8-9,11H2,(H3,22,23,24);1H. The van der Waals surface area contributed by atoms with Crippen molar-refractivity contribution in [2.24, 2.45) is 10.7 Å². The number of hydrogen-bond donors (Lipinski definition) is 2. The van der Waals surface area contributed by atoms with Crippen LogP contribution in [0.4, 0.5) is 18.9 Å². The summed E-state index contributed by atoms with van der Waals surface area (Å²) in [6, 6.07) is 10.8. The zero-order valence-corrected chi connectivity index (χ0v) is 17.0. The van der Waals surface area contributed by atoms with E-state index in [1.54, 1.807) is 18.2 Å². The molecule has 6 nitrogen and oxygen atoms in total. The van der Waals surface area contributed by atoms with Crippen molar-refractivity contribution in [1.29, 1.82) is 0 Å². The summed E-state index contributed by atoms with van der Waals surface area (Å²) in [6.07, 6.45) is -3.90. The van der Waals surface area contributed by atoms with Crippen molar-refractivity contribution in [2.75, 3.05) is 18.5 Å². The van der Waals surface area contributed by atoms with Gasteiger partial charge in [-0.15, -0.1) is 37.1 Å². The van der Waals surface area contributed by atoms with Crippen molar-refractivity contribution >= 4 is 35.6 Å². The van der Waals surface area contributed by atoms with Crippen molar-refractivity contribution in [3.63, 3.8) is 0 Å². The Kier molecular flexibility index (Phi) is 7.61. The number of anilines is 1. The molecule has 0 bridgehead atoms. The molecular formula is C18H19F3IN3O3. The molecule has 0 aromatic heterocycles. The molecule has 0 spiro atoms. The summed E-state index contributed by atoms with van der Waals surface area (Å²) in [6.45, 7) is 1.39. The van der Waals surface area contributed by atoms with E-state index in [1.165, 1.54) is 24.3 Å². The van der Waals surface area contributed by atoms with Gasteiger partial charge >= 0.3 is 6.36 Å². The number of ether oxygens (including phenoxy) is 3. The summed E-state index contributed by atoms with van der Waals surface area (Å²) < 4.78 is 51.4. The molecule has 0 amide bonds. The molecule has 3 rings (SSSR count). The SMILES string of the molecule is I.NC(=NCc1ccc(OC(F)(F)F)cc1)Nc1ccc2c(c1)OCCCO2. The second-order valence-electron chi connectivity index (χ2n) is 5.73. The number of nitrogens with two attached hydrogens (primary N) is 1. The van der Waals surface area contributed by atoms with Crippen molar-refractivity contribution in [3.05, 3.63) is 48.0 Å². The van der Waals surface area contributed by atoms with Crippen LogP contribution >= 0.6 is 24.0 Å². The molecule has 1 heterocycles. The maximum absolute atomic E-state index is 12.1. The smallest absolute Gasteiger partial charge is 0.490 e. The molecule has 1 aliphatic heterocycles. The second-order valence-corrected chi connectivity index (χ2v) is 5.73. The number of benzene rings is 2. The number of alkyl halides is 3. The highest BCUT2D eigenvalue weighted by atomic mass is 127. The third kappa shape index (κ3) is 6.66. The van der Waals surface area contributed by atoms with Gasteiger partial charge in [0.05, 0.1) is 19.8 Å². The molecule has 0 radical (unpaired) electrons. The molecule has 2 aromatic carbocycles. The van der Waals surface area contributed by atoms with E-state index in [0.717, 1.165) is 6.42 Å². The topological polar surface area (TPSA) is 78.1 Å². The number of fused-ring (bicyclic) bond motifs is 1. The number of hydrogen-bond acceptors (Lipinski definition) is 4. The van der Waals surface area contributed by atoms with E-state index in [-0.39, 0.29) is 42.2 Å². The maximum Gasteiger partial charge on any atom is 0.573 e. The van der Waals surface area contributed by atoms with Crippen LogP contribution in [0.5, 0.6) is 17.2 Å². The third-order valence-corrected chi connectivity index (χ3v) is 3.61. The molecule has 0 atom stereocenters. The van der Waals surface area contributed by atoms with Gasteiger partial charge in [0.25, 0.3) is 0 Å². The first kappa shape index (κ1) is 21.9. The lowest BCUT2D eigenvalue weighted by molar-refractivity contribution is -0.274. The Balaban J connectivity index is 0.00000280. The number of nitrogens with one attached hydrogen (secondary N) is 1. The highest BCUT2D eigenvalue weighted by molar-refractivity contribution is 14.0. The van der Waals surface area contributed by atoms with Crippen molar-refractivity contribution < 1.29 is 27.4 Å². The van der Waals surface area contributed by atoms with Gasteiger partial charge < -0.3 is 25.3 Å². The normalized spacial score (nSPS) is 13.9. The van der Waals surface area contributed by atoms with Crippen LogP contribution in [-0.4, -0.2) is 25.5 Å². The number of halogens is 4. The third-order valence-electron chi connectivity index (χ3n) is 3.61. The Morgan fingerprint density at radius 2 is 1.75 bits per heavy atom. The largest absolute Gasteiger partial charge is 0.573 e. The van der Waals surface area contributed by atoms with E-state index < -0.39 is 6.36 Å². The predicted molar refractivity (Wildman–Crippen MR) is 110 cm³/mol. The first-order chi connectivity index (χ1) is 12.9. The maximum atomic E-state index is 12.1. The molecule has 10 heteroatoms. The zero-order chi connectivity index (χ0) is 19.3. The summed E-state index contributed by atoms with van der Waals surface area (Å²) >= 11 is 0. The van der Waals surface area contributed by atoms with Crippen LogP contribution < -0.4 is 25.3 Å². The molecule has 3 N–H and O–H groups in total. The van der Waals surface area contributed by atoms with Gasteiger partial charge in [-0.3, -0.25) is 0 Å². The first-order valence-corrected chi connectivity index (χ1v) is 8.20. The Bertz CT molecular complexity index is 814. The average molecular weight is 509 g/mol. The van der Waals surface area contributed by atoms with Crippen LogP contribution in [0.25, 0.3) is 0 Å². The van der Waals surface area contributed by atoms with Gasteiger partial charge in [-0.1, -0.05) is 12.1 Å². The molecule has 2 aromatic rings. The van der Waals surface area contributed by atoms with Gasteiger partial charge in [0.15, 0.2) is 17.5 Å². The highest BCUT2D eigenvalue weighted by Gasteiger charge is 2.30. The molecule has 0 saturated heterocycles. The molecule has 28 heavy (non-hydrogen) atoms. The van der Waals surface area contributed by atoms with Gasteiger partial charge in [-0.2, -0.15) is 0 Å². The summed E-state index contributed by atoms with van der Waals surface area (Å²) in [4.78, 5) is 4.17. The molecule has 0 unspecified atom stereocenters. The highest BCUT2D eigenvalue weighted by Crippen LogP contribution is 2.32. The van der Waals surface area contributed by atoms with E-state index in [1.807, 2.05) is 0 Å². The zero-order valence-electron chi connectivity index (χ0n) is 14.7. The Hall–Kier alpha value is -2.37. The molecule has 0 saturated carbocycles. The van der Waals surface area contributed by atoms with Crippen LogP contribution in [0.2, 0.25) is 0 Å². The van der Waals surface area contributed by atoms with Gasteiger partial charge in [0.2, 0.25) is 0 Å². The fraction of sp³-hybridized carbons (Fsp3) is 0.278.